The zero-order valence-corrected chi connectivity index (χ0v) is 17.8. The van der Waals surface area contributed by atoms with Gasteiger partial charge in [0.25, 0.3) is 0 Å². The van der Waals surface area contributed by atoms with Gasteiger partial charge < -0.3 is 9.40 Å². The summed E-state index contributed by atoms with van der Waals surface area (Å²) in [7, 11) is 0. The normalized spacial score (nSPS) is 18.1. The van der Waals surface area contributed by atoms with E-state index in [-0.39, 0.29) is 0 Å². The molecule has 1 aromatic heterocycles. The first-order chi connectivity index (χ1) is 13.5. The fourth-order valence-corrected chi connectivity index (χ4v) is 3.75. The molecule has 3 nitrogen and oxygen atoms in total. The van der Waals surface area contributed by atoms with Crippen LogP contribution in [0.25, 0.3) is 5.69 Å². The third-order valence-electron chi connectivity index (χ3n) is 5.19. The van der Waals surface area contributed by atoms with Gasteiger partial charge >= 0.3 is 0 Å². The van der Waals surface area contributed by atoms with E-state index in [1.807, 2.05) is 32.0 Å². The highest BCUT2D eigenvalue weighted by atomic mass is 16.7. The van der Waals surface area contributed by atoms with Crippen molar-refractivity contribution >= 4 is 5.71 Å². The van der Waals surface area contributed by atoms with E-state index in [1.165, 1.54) is 22.5 Å². The number of nitrogens with zero attached hydrogens (tertiary/aromatic N) is 2. The van der Waals surface area contributed by atoms with Crippen LogP contribution in [-0.4, -0.2) is 10.3 Å². The van der Waals surface area contributed by atoms with Gasteiger partial charge in [0.05, 0.1) is 5.71 Å². The van der Waals surface area contributed by atoms with Crippen molar-refractivity contribution in [2.75, 3.05) is 0 Å². The second-order valence-electron chi connectivity index (χ2n) is 7.43. The summed E-state index contributed by atoms with van der Waals surface area (Å²) in [5, 5.41) is 4.41. The van der Waals surface area contributed by atoms with Crippen LogP contribution in [0.15, 0.2) is 65.9 Å². The monoisotopic (exact) mass is 374 g/mol. The molecule has 0 radical (unpaired) electrons. The lowest BCUT2D eigenvalue weighted by Gasteiger charge is -2.21. The minimum absolute atomic E-state index is 0.392. The number of hydrogen-bond acceptors (Lipinski definition) is 2. The van der Waals surface area contributed by atoms with E-state index in [1.54, 1.807) is 0 Å². The molecule has 0 saturated carbocycles. The van der Waals surface area contributed by atoms with Crippen LogP contribution in [0.2, 0.25) is 0 Å². The van der Waals surface area contributed by atoms with Crippen LogP contribution in [0.1, 0.15) is 55.1 Å². The van der Waals surface area contributed by atoms with Crippen molar-refractivity contribution in [1.29, 1.82) is 0 Å². The molecule has 0 spiro atoms. The van der Waals surface area contributed by atoms with Gasteiger partial charge in [0, 0.05) is 24.0 Å². The van der Waals surface area contributed by atoms with E-state index in [9.17, 15) is 0 Å². The van der Waals surface area contributed by atoms with Gasteiger partial charge in [-0.15, -0.1) is 0 Å². The van der Waals surface area contributed by atoms with Gasteiger partial charge in [-0.2, -0.15) is 0 Å². The standard InChI is InChI=1S/C23H24N2O.C2H6/c1-16-12-18(3)25(15-16)22-11-10-19(13-17(22)2)21-14-23(4,26-24-21)20-8-6-5-7-9-20;1-2/h5-13,15H,14H2,1-4H3;1-2H3. The average molecular weight is 375 g/mol. The minimum Gasteiger partial charge on any atom is -0.384 e. The molecule has 0 N–H and O–H groups in total. The summed E-state index contributed by atoms with van der Waals surface area (Å²) in [6, 6.07) is 19.1. The molecule has 1 aliphatic rings. The maximum absolute atomic E-state index is 5.85. The summed E-state index contributed by atoms with van der Waals surface area (Å²) in [5.74, 6) is 0. The van der Waals surface area contributed by atoms with Crippen molar-refractivity contribution in [2.24, 2.45) is 5.16 Å². The summed E-state index contributed by atoms with van der Waals surface area (Å²) in [6.45, 7) is 12.5. The van der Waals surface area contributed by atoms with Crippen LogP contribution in [0, 0.1) is 20.8 Å². The molecule has 0 amide bonds. The summed E-state index contributed by atoms with van der Waals surface area (Å²) in [5.41, 5.74) is 7.87. The molecule has 1 atom stereocenters. The molecule has 1 unspecified atom stereocenters. The third kappa shape index (κ3) is 3.75. The highest BCUT2D eigenvalue weighted by Crippen LogP contribution is 2.36. The van der Waals surface area contributed by atoms with Gasteiger partial charge in [0.15, 0.2) is 5.60 Å². The topological polar surface area (TPSA) is 26.5 Å². The minimum atomic E-state index is -0.392. The molecular weight excluding hydrogens is 344 g/mol. The van der Waals surface area contributed by atoms with Crippen molar-refractivity contribution in [1.82, 2.24) is 4.57 Å². The Labute approximate surface area is 168 Å². The fraction of sp³-hybridized carbons (Fsp3) is 0.320. The van der Waals surface area contributed by atoms with Gasteiger partial charge in [-0.3, -0.25) is 0 Å². The Morgan fingerprint density at radius 2 is 1.68 bits per heavy atom. The Bertz CT molecular complexity index is 985. The van der Waals surface area contributed by atoms with Crippen molar-refractivity contribution in [3.8, 4) is 5.69 Å². The smallest absolute Gasteiger partial charge is 0.165 e. The van der Waals surface area contributed by atoms with Crippen molar-refractivity contribution in [3.05, 3.63) is 88.7 Å². The lowest BCUT2D eigenvalue weighted by Crippen LogP contribution is -2.21. The van der Waals surface area contributed by atoms with Gasteiger partial charge in [-0.25, -0.2) is 0 Å². The first-order valence-electron chi connectivity index (χ1n) is 10.0. The second-order valence-corrected chi connectivity index (χ2v) is 7.43. The Hall–Kier alpha value is -2.81. The molecule has 1 aliphatic heterocycles. The lowest BCUT2D eigenvalue weighted by atomic mass is 9.89. The molecule has 0 saturated heterocycles. The second kappa shape index (κ2) is 8.05. The van der Waals surface area contributed by atoms with Gasteiger partial charge in [0.2, 0.25) is 0 Å². The van der Waals surface area contributed by atoms with E-state index < -0.39 is 5.60 Å². The first-order valence-corrected chi connectivity index (χ1v) is 10.0. The molecule has 2 heterocycles. The molecule has 28 heavy (non-hydrogen) atoms. The van der Waals surface area contributed by atoms with Crippen LogP contribution < -0.4 is 0 Å². The van der Waals surface area contributed by atoms with E-state index in [0.717, 1.165) is 23.3 Å². The van der Waals surface area contributed by atoms with Crippen molar-refractivity contribution in [2.45, 2.75) is 53.6 Å². The Balaban J connectivity index is 0.00000109. The predicted octanol–water partition coefficient (Wildman–Crippen LogP) is 6.47. The lowest BCUT2D eigenvalue weighted by molar-refractivity contribution is -0.00738. The number of benzene rings is 2. The van der Waals surface area contributed by atoms with Crippen molar-refractivity contribution in [3.63, 3.8) is 0 Å². The summed E-state index contributed by atoms with van der Waals surface area (Å²) >= 11 is 0. The van der Waals surface area contributed by atoms with E-state index >= 15 is 0 Å². The number of rotatable bonds is 3. The molecule has 2 aromatic carbocycles. The van der Waals surface area contributed by atoms with Crippen LogP contribution in [-0.2, 0) is 10.4 Å². The van der Waals surface area contributed by atoms with Crippen molar-refractivity contribution < 1.29 is 4.84 Å². The molecule has 0 aliphatic carbocycles. The fourth-order valence-electron chi connectivity index (χ4n) is 3.75. The summed E-state index contributed by atoms with van der Waals surface area (Å²) in [4.78, 5) is 5.85. The molecule has 3 heteroatoms. The zero-order chi connectivity index (χ0) is 20.3. The number of aromatic nitrogens is 1. The number of oxime groups is 1. The van der Waals surface area contributed by atoms with Crippen LogP contribution in [0.4, 0.5) is 0 Å². The van der Waals surface area contributed by atoms with E-state index in [0.29, 0.717) is 0 Å². The van der Waals surface area contributed by atoms with Crippen LogP contribution >= 0.6 is 0 Å². The molecule has 146 valence electrons. The largest absolute Gasteiger partial charge is 0.384 e. The Kier molecular flexibility index (Phi) is 5.73. The van der Waals surface area contributed by atoms with Gasteiger partial charge in [-0.05, 0) is 68.1 Å². The Morgan fingerprint density at radius 3 is 2.29 bits per heavy atom. The molecule has 0 bridgehead atoms. The van der Waals surface area contributed by atoms with Crippen LogP contribution in [0.3, 0.4) is 0 Å². The maximum Gasteiger partial charge on any atom is 0.165 e. The zero-order valence-electron chi connectivity index (χ0n) is 17.8. The van der Waals surface area contributed by atoms with Gasteiger partial charge in [-0.1, -0.05) is 55.4 Å². The van der Waals surface area contributed by atoms with Crippen LogP contribution in [0.5, 0.6) is 0 Å². The number of hydrogen-bond donors (Lipinski definition) is 0. The molecule has 0 fully saturated rings. The van der Waals surface area contributed by atoms with E-state index in [4.69, 9.17) is 4.84 Å². The third-order valence-corrected chi connectivity index (χ3v) is 5.19. The van der Waals surface area contributed by atoms with E-state index in [2.05, 4.69) is 80.0 Å². The molecular formula is C25H30N2O. The van der Waals surface area contributed by atoms with Gasteiger partial charge in [0.1, 0.15) is 0 Å². The number of aryl methyl sites for hydroxylation is 3. The summed E-state index contributed by atoms with van der Waals surface area (Å²) in [6.07, 6.45) is 2.96. The maximum atomic E-state index is 5.85. The summed E-state index contributed by atoms with van der Waals surface area (Å²) < 4.78 is 2.25. The quantitative estimate of drug-likeness (QED) is 0.516. The molecule has 3 aromatic rings. The highest BCUT2D eigenvalue weighted by Gasteiger charge is 2.36. The average Bonchev–Trinajstić information content (AvgIpc) is 3.27. The highest BCUT2D eigenvalue weighted by molar-refractivity contribution is 6.02. The molecule has 4 rings (SSSR count). The Morgan fingerprint density at radius 1 is 0.964 bits per heavy atom. The predicted molar refractivity (Wildman–Crippen MR) is 117 cm³/mol. The SMILES string of the molecule is CC.Cc1cc(C)n(-c2ccc(C3=NOC(C)(c4ccccc4)C3)cc2C)c1. The first kappa shape index (κ1) is 19.9.